The van der Waals surface area contributed by atoms with Crippen LogP contribution in [-0.2, 0) is 9.47 Å². The highest BCUT2D eigenvalue weighted by molar-refractivity contribution is 9.11. The van der Waals surface area contributed by atoms with Crippen LogP contribution < -0.4 is 5.73 Å². The molecule has 0 saturated carbocycles. The topological polar surface area (TPSA) is 44.5 Å². The lowest BCUT2D eigenvalue weighted by Crippen LogP contribution is -2.29. The normalized spacial score (nSPS) is 20.8. The third-order valence-electron chi connectivity index (χ3n) is 3.20. The van der Waals surface area contributed by atoms with Crippen LogP contribution in [0.1, 0.15) is 30.7 Å². The summed E-state index contributed by atoms with van der Waals surface area (Å²) in [4.78, 5) is 1.20. The number of halogens is 1. The number of hydrogen-bond acceptors (Lipinski definition) is 4. The van der Waals surface area contributed by atoms with Gasteiger partial charge in [0.2, 0.25) is 0 Å². The highest BCUT2D eigenvalue weighted by Crippen LogP contribution is 2.31. The van der Waals surface area contributed by atoms with E-state index < -0.39 is 0 Å². The first-order valence-electron chi connectivity index (χ1n) is 6.37. The summed E-state index contributed by atoms with van der Waals surface area (Å²) >= 11 is 5.18. The Bertz CT molecular complexity index is 364. The molecule has 1 aliphatic heterocycles. The molecule has 2 rings (SSSR count). The van der Waals surface area contributed by atoms with Gasteiger partial charge >= 0.3 is 0 Å². The Labute approximate surface area is 121 Å². The van der Waals surface area contributed by atoms with E-state index in [9.17, 15) is 0 Å². The molecule has 0 amide bonds. The standard InChI is InChI=1S/C13H20BrNO2S/c1-9(15)13(11-2-3-12(14)18-11)17-8-10-4-6-16-7-5-10/h2-3,9-10,13H,4-8,15H2,1H3. The quantitative estimate of drug-likeness (QED) is 0.898. The van der Waals surface area contributed by atoms with E-state index in [1.807, 2.05) is 13.0 Å². The van der Waals surface area contributed by atoms with Crippen LogP contribution >= 0.6 is 27.3 Å². The summed E-state index contributed by atoms with van der Waals surface area (Å²) in [5.41, 5.74) is 6.04. The summed E-state index contributed by atoms with van der Waals surface area (Å²) in [6.45, 7) is 4.51. The first kappa shape index (κ1) is 14.5. The molecule has 0 aromatic carbocycles. The maximum Gasteiger partial charge on any atom is 0.106 e. The van der Waals surface area contributed by atoms with Gasteiger partial charge < -0.3 is 15.2 Å². The van der Waals surface area contributed by atoms with Crippen molar-refractivity contribution in [3.05, 3.63) is 20.8 Å². The van der Waals surface area contributed by atoms with Crippen LogP contribution in [0.4, 0.5) is 0 Å². The molecule has 102 valence electrons. The van der Waals surface area contributed by atoms with Gasteiger partial charge in [-0.25, -0.2) is 0 Å². The van der Waals surface area contributed by atoms with Crippen LogP contribution in [0.15, 0.2) is 15.9 Å². The van der Waals surface area contributed by atoms with E-state index in [-0.39, 0.29) is 12.1 Å². The van der Waals surface area contributed by atoms with Crippen molar-refractivity contribution in [1.82, 2.24) is 0 Å². The van der Waals surface area contributed by atoms with E-state index in [0.29, 0.717) is 5.92 Å². The number of nitrogens with two attached hydrogens (primary N) is 1. The Hall–Kier alpha value is 0.0600. The average molecular weight is 334 g/mol. The van der Waals surface area contributed by atoms with Crippen LogP contribution in [0, 0.1) is 5.92 Å². The van der Waals surface area contributed by atoms with Crippen molar-refractivity contribution in [2.24, 2.45) is 11.7 Å². The summed E-state index contributed by atoms with van der Waals surface area (Å²) in [5.74, 6) is 0.614. The van der Waals surface area contributed by atoms with Gasteiger partial charge in [-0.15, -0.1) is 11.3 Å². The van der Waals surface area contributed by atoms with Crippen LogP contribution in [0.25, 0.3) is 0 Å². The van der Waals surface area contributed by atoms with Crippen molar-refractivity contribution in [2.75, 3.05) is 19.8 Å². The molecule has 2 N–H and O–H groups in total. The van der Waals surface area contributed by atoms with Crippen molar-refractivity contribution < 1.29 is 9.47 Å². The smallest absolute Gasteiger partial charge is 0.106 e. The second-order valence-corrected chi connectivity index (χ2v) is 7.31. The largest absolute Gasteiger partial charge is 0.381 e. The summed E-state index contributed by atoms with van der Waals surface area (Å²) in [6.07, 6.45) is 2.20. The van der Waals surface area contributed by atoms with Crippen molar-refractivity contribution in [3.63, 3.8) is 0 Å². The van der Waals surface area contributed by atoms with E-state index in [2.05, 4.69) is 22.0 Å². The number of ether oxygens (including phenoxy) is 2. The van der Waals surface area contributed by atoms with Gasteiger partial charge in [0, 0.05) is 24.1 Å². The molecule has 0 bridgehead atoms. The van der Waals surface area contributed by atoms with Gasteiger partial charge in [0.25, 0.3) is 0 Å². The van der Waals surface area contributed by atoms with Crippen LogP contribution in [0.3, 0.4) is 0 Å². The van der Waals surface area contributed by atoms with Gasteiger partial charge in [-0.3, -0.25) is 0 Å². The Morgan fingerprint density at radius 3 is 2.78 bits per heavy atom. The van der Waals surface area contributed by atoms with Gasteiger partial charge in [0.15, 0.2) is 0 Å². The second kappa shape index (κ2) is 7.01. The van der Waals surface area contributed by atoms with E-state index >= 15 is 0 Å². The zero-order chi connectivity index (χ0) is 13.0. The van der Waals surface area contributed by atoms with Crippen LogP contribution in [0.5, 0.6) is 0 Å². The van der Waals surface area contributed by atoms with E-state index in [0.717, 1.165) is 36.4 Å². The molecule has 5 heteroatoms. The fourth-order valence-corrected chi connectivity index (χ4v) is 3.72. The van der Waals surface area contributed by atoms with Gasteiger partial charge in [-0.05, 0) is 53.7 Å². The molecule has 18 heavy (non-hydrogen) atoms. The molecule has 1 aromatic rings. The second-order valence-electron chi connectivity index (χ2n) is 4.81. The summed E-state index contributed by atoms with van der Waals surface area (Å²) in [5, 5.41) is 0. The molecule has 1 aliphatic rings. The van der Waals surface area contributed by atoms with Crippen molar-refractivity contribution >= 4 is 27.3 Å². The molecule has 1 fully saturated rings. The van der Waals surface area contributed by atoms with Crippen LogP contribution in [-0.4, -0.2) is 25.9 Å². The molecule has 1 aromatic heterocycles. The minimum atomic E-state index is 0.00384. The predicted octanol–water partition coefficient (Wildman–Crippen LogP) is 3.34. The van der Waals surface area contributed by atoms with Crippen molar-refractivity contribution in [2.45, 2.75) is 31.9 Å². The molecule has 0 aliphatic carbocycles. The van der Waals surface area contributed by atoms with E-state index in [1.54, 1.807) is 11.3 Å². The first-order chi connectivity index (χ1) is 8.66. The van der Waals surface area contributed by atoms with Gasteiger partial charge in [0.1, 0.15) is 6.10 Å². The minimum Gasteiger partial charge on any atom is -0.381 e. The maximum atomic E-state index is 6.05. The van der Waals surface area contributed by atoms with Gasteiger partial charge in [-0.1, -0.05) is 0 Å². The maximum absolute atomic E-state index is 6.05. The Morgan fingerprint density at radius 1 is 1.50 bits per heavy atom. The molecule has 2 unspecified atom stereocenters. The lowest BCUT2D eigenvalue weighted by molar-refractivity contribution is -0.0174. The fourth-order valence-electron chi connectivity index (χ4n) is 2.13. The SMILES string of the molecule is CC(N)C(OCC1CCOCC1)c1ccc(Br)s1. The number of thiophene rings is 1. The third-order valence-corrected chi connectivity index (χ3v) is 4.89. The first-order valence-corrected chi connectivity index (χ1v) is 7.98. The summed E-state index contributed by atoms with van der Waals surface area (Å²) in [6, 6.07) is 4.15. The summed E-state index contributed by atoms with van der Waals surface area (Å²) in [7, 11) is 0. The highest BCUT2D eigenvalue weighted by atomic mass is 79.9. The van der Waals surface area contributed by atoms with Gasteiger partial charge in [-0.2, -0.15) is 0 Å². The Morgan fingerprint density at radius 2 is 2.22 bits per heavy atom. The third kappa shape index (κ3) is 4.03. The monoisotopic (exact) mass is 333 g/mol. The molecular weight excluding hydrogens is 314 g/mol. The molecule has 2 atom stereocenters. The Balaban J connectivity index is 1.90. The Kier molecular flexibility index (Phi) is 5.63. The average Bonchev–Trinajstić information content (AvgIpc) is 2.77. The zero-order valence-electron chi connectivity index (χ0n) is 10.6. The fraction of sp³-hybridized carbons (Fsp3) is 0.692. The lowest BCUT2D eigenvalue weighted by atomic mass is 10.0. The minimum absolute atomic E-state index is 0.00384. The molecule has 3 nitrogen and oxygen atoms in total. The zero-order valence-corrected chi connectivity index (χ0v) is 13.0. The number of rotatable bonds is 5. The van der Waals surface area contributed by atoms with Crippen LogP contribution in [0.2, 0.25) is 0 Å². The summed E-state index contributed by atoms with van der Waals surface area (Å²) < 4.78 is 12.5. The van der Waals surface area contributed by atoms with E-state index in [1.165, 1.54) is 4.88 Å². The number of hydrogen-bond donors (Lipinski definition) is 1. The van der Waals surface area contributed by atoms with Crippen molar-refractivity contribution in [1.29, 1.82) is 0 Å². The highest BCUT2D eigenvalue weighted by Gasteiger charge is 2.22. The van der Waals surface area contributed by atoms with E-state index in [4.69, 9.17) is 15.2 Å². The van der Waals surface area contributed by atoms with Crippen molar-refractivity contribution in [3.8, 4) is 0 Å². The van der Waals surface area contributed by atoms with Gasteiger partial charge in [0.05, 0.1) is 10.4 Å². The molecule has 2 heterocycles. The molecule has 0 radical (unpaired) electrons. The lowest BCUT2D eigenvalue weighted by Gasteiger charge is -2.26. The molecular formula is C13H20BrNO2S. The molecule has 0 spiro atoms. The predicted molar refractivity (Wildman–Crippen MR) is 77.9 cm³/mol. The molecule has 1 saturated heterocycles.